The van der Waals surface area contributed by atoms with Crippen LogP contribution in [0.25, 0.3) is 0 Å². The van der Waals surface area contributed by atoms with Crippen molar-refractivity contribution in [3.8, 4) is 0 Å². The van der Waals surface area contributed by atoms with E-state index in [0.29, 0.717) is 30.8 Å². The van der Waals surface area contributed by atoms with Crippen LogP contribution in [0.2, 0.25) is 0 Å². The van der Waals surface area contributed by atoms with Gasteiger partial charge in [-0.3, -0.25) is 4.79 Å². The van der Waals surface area contributed by atoms with Gasteiger partial charge in [-0.15, -0.1) is 0 Å². The van der Waals surface area contributed by atoms with Crippen molar-refractivity contribution < 1.29 is 23.1 Å². The molecule has 0 bridgehead atoms. The number of piperidine rings is 1. The summed E-state index contributed by atoms with van der Waals surface area (Å²) < 4.78 is 34.4. The predicted octanol–water partition coefficient (Wildman–Crippen LogP) is 3.19. The second-order valence-corrected chi connectivity index (χ2v) is 6.42. The molecule has 1 aliphatic carbocycles. The van der Waals surface area contributed by atoms with Gasteiger partial charge in [-0.1, -0.05) is 0 Å². The molecule has 1 saturated heterocycles. The van der Waals surface area contributed by atoms with Crippen LogP contribution in [0.3, 0.4) is 0 Å². The minimum absolute atomic E-state index is 0.0237. The minimum Gasteiger partial charge on any atom is -0.464 e. The van der Waals surface area contributed by atoms with Crippen molar-refractivity contribution in [2.75, 3.05) is 6.54 Å². The maximum atomic E-state index is 14.5. The van der Waals surface area contributed by atoms with Gasteiger partial charge in [0.15, 0.2) is 0 Å². The Morgan fingerprint density at radius 2 is 2.09 bits per heavy atom. The molecular formula is C16H21F2NO3. The normalized spacial score (nSPS) is 24.9. The third kappa shape index (κ3) is 2.33. The van der Waals surface area contributed by atoms with Crippen molar-refractivity contribution in [3.63, 3.8) is 0 Å². The van der Waals surface area contributed by atoms with Crippen molar-refractivity contribution in [3.05, 3.63) is 23.7 Å². The standard InChI is InChI=1S/C16H21F2NO3/c1-11-6-7-13(22-11)12-5-2-3-10-19(12)14(20)16(17,18)15(21)8-4-9-15/h6-7,12,21H,2-5,8-10H2,1H3. The molecule has 1 unspecified atom stereocenters. The number of hydrogen-bond acceptors (Lipinski definition) is 3. The number of carbonyl (C=O) groups is 1. The second kappa shape index (κ2) is 5.33. The zero-order valence-electron chi connectivity index (χ0n) is 12.6. The average Bonchev–Trinajstić information content (AvgIpc) is 2.90. The largest absolute Gasteiger partial charge is 0.464 e. The van der Waals surface area contributed by atoms with Gasteiger partial charge in [0.05, 0.1) is 6.04 Å². The number of hydrogen-bond donors (Lipinski definition) is 1. The van der Waals surface area contributed by atoms with Crippen molar-refractivity contribution in [2.45, 2.75) is 63.0 Å². The highest BCUT2D eigenvalue weighted by atomic mass is 19.3. The molecule has 1 aromatic heterocycles. The van der Waals surface area contributed by atoms with Crippen LogP contribution in [0, 0.1) is 6.92 Å². The zero-order valence-corrected chi connectivity index (χ0v) is 12.6. The Morgan fingerprint density at radius 3 is 2.64 bits per heavy atom. The van der Waals surface area contributed by atoms with E-state index >= 15 is 0 Å². The van der Waals surface area contributed by atoms with Crippen LogP contribution in [-0.4, -0.2) is 34.0 Å². The van der Waals surface area contributed by atoms with Gasteiger partial charge in [0.25, 0.3) is 5.91 Å². The molecule has 1 saturated carbocycles. The number of carbonyl (C=O) groups excluding carboxylic acids is 1. The molecule has 6 heteroatoms. The lowest BCUT2D eigenvalue weighted by molar-refractivity contribution is -0.226. The molecule has 3 rings (SSSR count). The maximum absolute atomic E-state index is 14.5. The molecule has 0 spiro atoms. The van der Waals surface area contributed by atoms with E-state index in [-0.39, 0.29) is 19.4 Å². The van der Waals surface area contributed by atoms with E-state index < -0.39 is 23.5 Å². The molecular weight excluding hydrogens is 292 g/mol. The van der Waals surface area contributed by atoms with Crippen molar-refractivity contribution in [2.24, 2.45) is 0 Å². The molecule has 4 nitrogen and oxygen atoms in total. The fourth-order valence-corrected chi connectivity index (χ4v) is 3.31. The fourth-order valence-electron chi connectivity index (χ4n) is 3.31. The number of nitrogens with zero attached hydrogens (tertiary/aromatic N) is 1. The first kappa shape index (κ1) is 15.5. The number of halogens is 2. The summed E-state index contributed by atoms with van der Waals surface area (Å²) >= 11 is 0. The summed E-state index contributed by atoms with van der Waals surface area (Å²) in [6.45, 7) is 2.05. The molecule has 1 aliphatic heterocycles. The van der Waals surface area contributed by atoms with Crippen molar-refractivity contribution in [1.29, 1.82) is 0 Å². The summed E-state index contributed by atoms with van der Waals surface area (Å²) in [4.78, 5) is 13.6. The summed E-state index contributed by atoms with van der Waals surface area (Å²) in [5, 5.41) is 9.98. The molecule has 1 N–H and O–H groups in total. The Bertz CT molecular complexity index is 565. The number of furan rings is 1. The average molecular weight is 313 g/mol. The van der Waals surface area contributed by atoms with Gasteiger partial charge in [-0.05, 0) is 57.6 Å². The number of amides is 1. The lowest BCUT2D eigenvalue weighted by Gasteiger charge is -2.45. The molecule has 2 aliphatic rings. The van der Waals surface area contributed by atoms with Crippen molar-refractivity contribution >= 4 is 5.91 Å². The van der Waals surface area contributed by atoms with Crippen LogP contribution in [0.5, 0.6) is 0 Å². The Morgan fingerprint density at radius 1 is 1.36 bits per heavy atom. The van der Waals surface area contributed by atoms with Crippen LogP contribution in [0.4, 0.5) is 8.78 Å². The quantitative estimate of drug-likeness (QED) is 0.932. The summed E-state index contributed by atoms with van der Waals surface area (Å²) in [5.74, 6) is -3.77. The molecule has 2 fully saturated rings. The van der Waals surface area contributed by atoms with E-state index in [9.17, 15) is 18.7 Å². The molecule has 1 atom stereocenters. The predicted molar refractivity (Wildman–Crippen MR) is 75.5 cm³/mol. The summed E-state index contributed by atoms with van der Waals surface area (Å²) in [6, 6.07) is 3.04. The molecule has 1 amide bonds. The Labute approximate surface area is 128 Å². The van der Waals surface area contributed by atoms with E-state index in [1.54, 1.807) is 19.1 Å². The topological polar surface area (TPSA) is 53.7 Å². The number of likely N-dealkylation sites (tertiary alicyclic amines) is 1. The van der Waals surface area contributed by atoms with E-state index in [2.05, 4.69) is 0 Å². The molecule has 0 aromatic carbocycles. The van der Waals surface area contributed by atoms with E-state index in [1.807, 2.05) is 0 Å². The highest BCUT2D eigenvalue weighted by molar-refractivity contribution is 5.85. The molecule has 2 heterocycles. The highest BCUT2D eigenvalue weighted by Gasteiger charge is 2.62. The number of aryl methyl sites for hydroxylation is 1. The summed E-state index contributed by atoms with van der Waals surface area (Å²) in [7, 11) is 0. The summed E-state index contributed by atoms with van der Waals surface area (Å²) in [6.07, 6.45) is 2.64. The van der Waals surface area contributed by atoms with Crippen LogP contribution in [0.1, 0.15) is 56.1 Å². The van der Waals surface area contributed by atoms with Gasteiger partial charge in [-0.2, -0.15) is 8.78 Å². The maximum Gasteiger partial charge on any atom is 0.352 e. The third-order valence-electron chi connectivity index (χ3n) is 4.89. The number of alkyl halides is 2. The second-order valence-electron chi connectivity index (χ2n) is 6.42. The van der Waals surface area contributed by atoms with Crippen LogP contribution in [0.15, 0.2) is 16.5 Å². The molecule has 1 aromatic rings. The number of aliphatic hydroxyl groups is 1. The minimum atomic E-state index is -3.73. The SMILES string of the molecule is Cc1ccc(C2CCCCN2C(=O)C(F)(F)C2(O)CCC2)o1. The van der Waals surface area contributed by atoms with Crippen molar-refractivity contribution in [1.82, 2.24) is 4.90 Å². The fraction of sp³-hybridized carbons (Fsp3) is 0.688. The van der Waals surface area contributed by atoms with Gasteiger partial charge in [0.1, 0.15) is 17.1 Å². The lowest BCUT2D eigenvalue weighted by atomic mass is 9.74. The Balaban J connectivity index is 1.85. The summed E-state index contributed by atoms with van der Waals surface area (Å²) in [5.41, 5.74) is -2.18. The van der Waals surface area contributed by atoms with Gasteiger partial charge in [0.2, 0.25) is 0 Å². The monoisotopic (exact) mass is 313 g/mol. The Hall–Kier alpha value is -1.43. The van der Waals surface area contributed by atoms with Gasteiger partial charge in [-0.25, -0.2) is 0 Å². The highest BCUT2D eigenvalue weighted by Crippen LogP contribution is 2.46. The lowest BCUT2D eigenvalue weighted by Crippen LogP contribution is -2.62. The van der Waals surface area contributed by atoms with E-state index in [0.717, 1.165) is 6.42 Å². The first-order chi connectivity index (χ1) is 10.3. The van der Waals surface area contributed by atoms with Crippen LogP contribution < -0.4 is 0 Å². The Kier molecular flexibility index (Phi) is 3.75. The first-order valence-corrected chi connectivity index (χ1v) is 7.83. The van der Waals surface area contributed by atoms with E-state index in [4.69, 9.17) is 4.42 Å². The number of rotatable bonds is 3. The van der Waals surface area contributed by atoms with Crippen LogP contribution in [-0.2, 0) is 4.79 Å². The molecule has 122 valence electrons. The third-order valence-corrected chi connectivity index (χ3v) is 4.89. The van der Waals surface area contributed by atoms with E-state index in [1.165, 1.54) is 4.90 Å². The van der Waals surface area contributed by atoms with Gasteiger partial charge >= 0.3 is 5.92 Å². The van der Waals surface area contributed by atoms with Crippen LogP contribution >= 0.6 is 0 Å². The molecule has 22 heavy (non-hydrogen) atoms. The molecule has 0 radical (unpaired) electrons. The first-order valence-electron chi connectivity index (χ1n) is 7.83. The smallest absolute Gasteiger partial charge is 0.352 e. The van der Waals surface area contributed by atoms with Gasteiger partial charge in [0, 0.05) is 6.54 Å². The van der Waals surface area contributed by atoms with Gasteiger partial charge < -0.3 is 14.4 Å². The zero-order chi connectivity index (χ0) is 16.0.